The van der Waals surface area contributed by atoms with Crippen molar-refractivity contribution in [2.45, 2.75) is 37.8 Å². The standard InChI is InChI=1S/C18H19BrN4O.ClH/c19-14-5-2-12(3-6-14)1-4-13-11-21-18(20)23-17(13)22-15-7-9-16(24)10-8-15;/h2-3,5-6,11,15-16,24H,7-10H2,(H3,20,21,22,23);1H/t15-,16-;. The molecule has 0 spiro atoms. The van der Waals surface area contributed by atoms with E-state index in [2.05, 4.69) is 43.1 Å². The smallest absolute Gasteiger partial charge is 0.222 e. The Bertz CT molecular complexity index is 765. The van der Waals surface area contributed by atoms with Crippen LogP contribution in [0.4, 0.5) is 11.8 Å². The molecule has 1 aromatic carbocycles. The molecule has 0 aliphatic heterocycles. The van der Waals surface area contributed by atoms with Gasteiger partial charge in [-0.3, -0.25) is 0 Å². The van der Waals surface area contributed by atoms with Gasteiger partial charge in [-0.15, -0.1) is 12.4 Å². The van der Waals surface area contributed by atoms with Crippen LogP contribution >= 0.6 is 28.3 Å². The lowest BCUT2D eigenvalue weighted by Gasteiger charge is -2.26. The number of nitrogen functional groups attached to an aromatic ring is 1. The molecule has 1 aromatic heterocycles. The minimum Gasteiger partial charge on any atom is -0.393 e. The molecule has 7 heteroatoms. The summed E-state index contributed by atoms with van der Waals surface area (Å²) in [6.07, 6.45) is 4.88. The Kier molecular flexibility index (Phi) is 7.06. The summed E-state index contributed by atoms with van der Waals surface area (Å²) in [5.41, 5.74) is 7.36. The predicted molar refractivity (Wildman–Crippen MR) is 106 cm³/mol. The molecule has 1 aliphatic carbocycles. The van der Waals surface area contributed by atoms with Gasteiger partial charge in [-0.05, 0) is 49.9 Å². The van der Waals surface area contributed by atoms with Crippen molar-refractivity contribution in [2.24, 2.45) is 0 Å². The summed E-state index contributed by atoms with van der Waals surface area (Å²) in [6, 6.07) is 8.08. The fourth-order valence-electron chi connectivity index (χ4n) is 2.68. The van der Waals surface area contributed by atoms with E-state index in [1.807, 2.05) is 24.3 Å². The molecule has 1 saturated carbocycles. The van der Waals surface area contributed by atoms with E-state index in [0.29, 0.717) is 5.82 Å². The number of anilines is 2. The molecule has 0 radical (unpaired) electrons. The fraction of sp³-hybridized carbons (Fsp3) is 0.333. The van der Waals surface area contributed by atoms with Crippen molar-refractivity contribution in [1.82, 2.24) is 9.97 Å². The number of benzene rings is 1. The topological polar surface area (TPSA) is 84.1 Å². The second-order valence-electron chi connectivity index (χ2n) is 5.90. The highest BCUT2D eigenvalue weighted by Crippen LogP contribution is 2.23. The van der Waals surface area contributed by atoms with Gasteiger partial charge >= 0.3 is 0 Å². The van der Waals surface area contributed by atoms with E-state index >= 15 is 0 Å². The Morgan fingerprint density at radius 1 is 1.12 bits per heavy atom. The van der Waals surface area contributed by atoms with Crippen molar-refractivity contribution in [2.75, 3.05) is 11.1 Å². The van der Waals surface area contributed by atoms with Crippen LogP contribution in [0.3, 0.4) is 0 Å². The van der Waals surface area contributed by atoms with Crippen LogP contribution in [0, 0.1) is 11.8 Å². The Balaban J connectivity index is 0.00000225. The van der Waals surface area contributed by atoms with Gasteiger partial charge in [0.15, 0.2) is 0 Å². The molecule has 25 heavy (non-hydrogen) atoms. The van der Waals surface area contributed by atoms with Gasteiger partial charge in [-0.2, -0.15) is 4.98 Å². The normalized spacial score (nSPS) is 19.3. The predicted octanol–water partition coefficient (Wildman–Crippen LogP) is 3.36. The third-order valence-corrected chi connectivity index (χ3v) is 4.56. The van der Waals surface area contributed by atoms with Crippen LogP contribution in [-0.2, 0) is 0 Å². The first kappa shape index (κ1) is 19.5. The summed E-state index contributed by atoms with van der Waals surface area (Å²) in [5, 5.41) is 13.0. The monoisotopic (exact) mass is 422 g/mol. The van der Waals surface area contributed by atoms with E-state index < -0.39 is 0 Å². The van der Waals surface area contributed by atoms with Crippen LogP contribution in [0.15, 0.2) is 34.9 Å². The van der Waals surface area contributed by atoms with E-state index in [9.17, 15) is 5.11 Å². The maximum absolute atomic E-state index is 9.62. The molecule has 5 nitrogen and oxygen atoms in total. The fourth-order valence-corrected chi connectivity index (χ4v) is 2.95. The molecular formula is C18H20BrClN4O. The lowest BCUT2D eigenvalue weighted by Crippen LogP contribution is -2.29. The van der Waals surface area contributed by atoms with Gasteiger partial charge in [0.1, 0.15) is 5.82 Å². The number of nitrogens with zero attached hydrogens (tertiary/aromatic N) is 2. The van der Waals surface area contributed by atoms with E-state index in [1.54, 1.807) is 6.20 Å². The third-order valence-electron chi connectivity index (χ3n) is 4.03. The molecule has 0 unspecified atom stereocenters. The van der Waals surface area contributed by atoms with Crippen molar-refractivity contribution in [3.05, 3.63) is 46.1 Å². The lowest BCUT2D eigenvalue weighted by atomic mass is 9.93. The molecule has 1 aliphatic rings. The van der Waals surface area contributed by atoms with Crippen LogP contribution in [0.25, 0.3) is 0 Å². The summed E-state index contributed by atoms with van der Waals surface area (Å²) in [4.78, 5) is 8.34. The van der Waals surface area contributed by atoms with Crippen LogP contribution in [-0.4, -0.2) is 27.2 Å². The van der Waals surface area contributed by atoms with E-state index in [-0.39, 0.29) is 30.5 Å². The first-order chi connectivity index (χ1) is 11.6. The highest BCUT2D eigenvalue weighted by atomic mass is 79.9. The van der Waals surface area contributed by atoms with Gasteiger partial charge < -0.3 is 16.2 Å². The van der Waals surface area contributed by atoms with E-state index in [1.165, 1.54) is 0 Å². The number of rotatable bonds is 2. The van der Waals surface area contributed by atoms with Gasteiger partial charge in [0.25, 0.3) is 0 Å². The molecule has 132 valence electrons. The summed E-state index contributed by atoms with van der Waals surface area (Å²) in [7, 11) is 0. The Hall–Kier alpha value is -1.81. The third kappa shape index (κ3) is 5.60. The quantitative estimate of drug-likeness (QED) is 0.645. The second kappa shape index (κ2) is 9.04. The molecule has 0 amide bonds. The molecule has 3 rings (SSSR count). The van der Waals surface area contributed by atoms with Crippen LogP contribution < -0.4 is 11.1 Å². The van der Waals surface area contributed by atoms with Gasteiger partial charge in [-0.25, -0.2) is 4.98 Å². The molecule has 1 fully saturated rings. The lowest BCUT2D eigenvalue weighted by molar-refractivity contribution is 0.126. The largest absolute Gasteiger partial charge is 0.393 e. The van der Waals surface area contributed by atoms with Crippen molar-refractivity contribution < 1.29 is 5.11 Å². The van der Waals surface area contributed by atoms with Gasteiger partial charge in [0.05, 0.1) is 17.9 Å². The molecule has 0 bridgehead atoms. The molecule has 4 N–H and O–H groups in total. The molecule has 2 aromatic rings. The van der Waals surface area contributed by atoms with Gasteiger partial charge in [0.2, 0.25) is 5.95 Å². The van der Waals surface area contributed by atoms with Crippen molar-refractivity contribution in [1.29, 1.82) is 0 Å². The summed E-state index contributed by atoms with van der Waals surface area (Å²) in [5.74, 6) is 7.12. The zero-order valence-electron chi connectivity index (χ0n) is 13.6. The minimum atomic E-state index is -0.185. The zero-order chi connectivity index (χ0) is 16.9. The molecule has 0 atom stereocenters. The number of halogens is 2. The summed E-state index contributed by atoms with van der Waals surface area (Å²) in [6.45, 7) is 0. The average molecular weight is 424 g/mol. The maximum Gasteiger partial charge on any atom is 0.222 e. The summed E-state index contributed by atoms with van der Waals surface area (Å²) >= 11 is 3.41. The summed E-state index contributed by atoms with van der Waals surface area (Å²) < 4.78 is 1.02. The molecule has 1 heterocycles. The molecule has 0 saturated heterocycles. The molecular weight excluding hydrogens is 404 g/mol. The maximum atomic E-state index is 9.62. The minimum absolute atomic E-state index is 0. The number of hydrogen-bond donors (Lipinski definition) is 3. The van der Waals surface area contributed by atoms with Crippen LogP contribution in [0.1, 0.15) is 36.8 Å². The average Bonchev–Trinajstić information content (AvgIpc) is 2.58. The highest BCUT2D eigenvalue weighted by molar-refractivity contribution is 9.10. The van der Waals surface area contributed by atoms with Crippen LogP contribution in [0.2, 0.25) is 0 Å². The van der Waals surface area contributed by atoms with Crippen molar-refractivity contribution in [3.8, 4) is 11.8 Å². The van der Waals surface area contributed by atoms with E-state index in [0.717, 1.165) is 41.3 Å². The zero-order valence-corrected chi connectivity index (χ0v) is 16.0. The second-order valence-corrected chi connectivity index (χ2v) is 6.81. The number of nitrogens with one attached hydrogen (secondary N) is 1. The van der Waals surface area contributed by atoms with Crippen LogP contribution in [0.5, 0.6) is 0 Å². The SMILES string of the molecule is Cl.Nc1ncc(C#Cc2ccc(Br)cc2)c(N[C@H]2CC[C@H](O)CC2)n1. The highest BCUT2D eigenvalue weighted by Gasteiger charge is 2.20. The van der Waals surface area contributed by atoms with Crippen molar-refractivity contribution in [3.63, 3.8) is 0 Å². The number of aliphatic hydroxyl groups excluding tert-OH is 1. The Morgan fingerprint density at radius 2 is 1.80 bits per heavy atom. The Labute approximate surface area is 162 Å². The number of aliphatic hydroxyl groups is 1. The van der Waals surface area contributed by atoms with Gasteiger partial charge in [0, 0.05) is 16.1 Å². The van der Waals surface area contributed by atoms with Crippen molar-refractivity contribution >= 4 is 40.1 Å². The van der Waals surface area contributed by atoms with Gasteiger partial charge in [-0.1, -0.05) is 27.8 Å². The number of nitrogens with two attached hydrogens (primary N) is 1. The number of hydrogen-bond acceptors (Lipinski definition) is 5. The number of aromatic nitrogens is 2. The Morgan fingerprint density at radius 3 is 2.48 bits per heavy atom. The van der Waals surface area contributed by atoms with E-state index in [4.69, 9.17) is 5.73 Å². The first-order valence-electron chi connectivity index (χ1n) is 7.95. The first-order valence-corrected chi connectivity index (χ1v) is 8.74.